The minimum Gasteiger partial charge on any atom is -0.303 e. The Labute approximate surface area is 151 Å². The summed E-state index contributed by atoms with van der Waals surface area (Å²) in [5, 5.41) is 0. The summed E-state index contributed by atoms with van der Waals surface area (Å²) in [7, 11) is -3.60. The molecule has 0 aliphatic heterocycles. The summed E-state index contributed by atoms with van der Waals surface area (Å²) in [6.07, 6.45) is 9.34. The lowest BCUT2D eigenvalue weighted by molar-refractivity contribution is -0.108. The summed E-state index contributed by atoms with van der Waals surface area (Å²) in [6, 6.07) is 6.94. The number of hydrogen-bond acceptors (Lipinski definition) is 3. The highest BCUT2D eigenvalue weighted by Gasteiger charge is 2.42. The smallest absolute Gasteiger partial charge is 0.241 e. The highest BCUT2D eigenvalue weighted by atomic mass is 32.2. The monoisotopic (exact) mass is 363 g/mol. The summed E-state index contributed by atoms with van der Waals surface area (Å²) in [5.41, 5.74) is 0.543. The number of carbonyl (C=O) groups is 1. The van der Waals surface area contributed by atoms with E-state index < -0.39 is 15.6 Å². The standard InChI is InChI=1S/C20H29NO3S/c1-3-4-14-20(15-6-5-8-18(20)9-7-16-22)21-25(23,24)19-12-10-17(2)11-13-19/h3,10-13,16,18,21H,1,4-9,14-15H2,2H3/t18-,20+/m0/s1. The van der Waals surface area contributed by atoms with E-state index in [0.29, 0.717) is 11.3 Å². The van der Waals surface area contributed by atoms with E-state index in [1.807, 2.05) is 25.1 Å². The highest BCUT2D eigenvalue weighted by molar-refractivity contribution is 7.89. The zero-order chi connectivity index (χ0) is 18.3. The van der Waals surface area contributed by atoms with Crippen LogP contribution in [0.4, 0.5) is 0 Å². The van der Waals surface area contributed by atoms with Crippen molar-refractivity contribution in [1.82, 2.24) is 4.72 Å². The topological polar surface area (TPSA) is 63.2 Å². The third-order valence-corrected chi connectivity index (χ3v) is 6.87. The number of sulfonamides is 1. The van der Waals surface area contributed by atoms with Crippen molar-refractivity contribution >= 4 is 16.3 Å². The van der Waals surface area contributed by atoms with Crippen molar-refractivity contribution in [3.05, 3.63) is 42.5 Å². The molecule has 0 bridgehead atoms. The largest absolute Gasteiger partial charge is 0.303 e. The van der Waals surface area contributed by atoms with Gasteiger partial charge in [-0.05, 0) is 57.1 Å². The maximum absolute atomic E-state index is 13.0. The van der Waals surface area contributed by atoms with Crippen molar-refractivity contribution in [3.63, 3.8) is 0 Å². The molecule has 2 rings (SSSR count). The summed E-state index contributed by atoms with van der Waals surface area (Å²) in [6.45, 7) is 5.73. The number of carbonyl (C=O) groups excluding carboxylic acids is 1. The van der Waals surface area contributed by atoms with Crippen LogP contribution in [-0.2, 0) is 14.8 Å². The summed E-state index contributed by atoms with van der Waals surface area (Å²) in [5.74, 6) is 0.187. The van der Waals surface area contributed by atoms with Gasteiger partial charge in [0.1, 0.15) is 6.29 Å². The van der Waals surface area contributed by atoms with Gasteiger partial charge in [-0.15, -0.1) is 6.58 Å². The molecule has 1 aromatic rings. The van der Waals surface area contributed by atoms with Gasteiger partial charge in [0.25, 0.3) is 0 Å². The molecule has 4 nitrogen and oxygen atoms in total. The molecule has 0 spiro atoms. The zero-order valence-electron chi connectivity index (χ0n) is 15.0. The molecule has 1 N–H and O–H groups in total. The van der Waals surface area contributed by atoms with Crippen LogP contribution in [-0.4, -0.2) is 20.2 Å². The van der Waals surface area contributed by atoms with Crippen molar-refractivity contribution in [2.24, 2.45) is 5.92 Å². The van der Waals surface area contributed by atoms with E-state index >= 15 is 0 Å². The van der Waals surface area contributed by atoms with Crippen LogP contribution in [0, 0.1) is 12.8 Å². The molecule has 1 aliphatic rings. The summed E-state index contributed by atoms with van der Waals surface area (Å²) < 4.78 is 29.0. The Balaban J connectivity index is 2.32. The highest BCUT2D eigenvalue weighted by Crippen LogP contribution is 2.41. The lowest BCUT2D eigenvalue weighted by atomic mass is 9.69. The third-order valence-electron chi connectivity index (χ3n) is 5.30. The van der Waals surface area contributed by atoms with Gasteiger partial charge in [-0.3, -0.25) is 0 Å². The van der Waals surface area contributed by atoms with Crippen LogP contribution < -0.4 is 4.72 Å². The first-order valence-electron chi connectivity index (χ1n) is 9.09. The third kappa shape index (κ3) is 5.02. The Bertz CT molecular complexity index is 681. The van der Waals surface area contributed by atoms with Crippen molar-refractivity contribution in [1.29, 1.82) is 0 Å². The van der Waals surface area contributed by atoms with Gasteiger partial charge >= 0.3 is 0 Å². The molecular formula is C20H29NO3S. The molecule has 0 saturated heterocycles. The molecule has 0 amide bonds. The van der Waals surface area contributed by atoms with Gasteiger partial charge in [0.15, 0.2) is 0 Å². The molecule has 0 aromatic heterocycles. The summed E-state index contributed by atoms with van der Waals surface area (Å²) >= 11 is 0. The minimum atomic E-state index is -3.60. The zero-order valence-corrected chi connectivity index (χ0v) is 15.9. The van der Waals surface area contributed by atoms with E-state index in [1.54, 1.807) is 12.1 Å². The second kappa shape index (κ2) is 8.77. The van der Waals surface area contributed by atoms with Gasteiger partial charge < -0.3 is 4.79 Å². The van der Waals surface area contributed by atoms with Gasteiger partial charge in [0, 0.05) is 12.0 Å². The number of benzene rings is 1. The van der Waals surface area contributed by atoms with E-state index in [9.17, 15) is 13.2 Å². The van der Waals surface area contributed by atoms with Crippen LogP contribution in [0.2, 0.25) is 0 Å². The molecule has 1 saturated carbocycles. The van der Waals surface area contributed by atoms with Gasteiger partial charge in [-0.1, -0.05) is 36.6 Å². The van der Waals surface area contributed by atoms with E-state index in [4.69, 9.17) is 0 Å². The molecule has 2 atom stereocenters. The molecule has 1 fully saturated rings. The second-order valence-corrected chi connectivity index (χ2v) is 8.77. The molecule has 5 heteroatoms. The van der Waals surface area contributed by atoms with Crippen molar-refractivity contribution < 1.29 is 13.2 Å². The van der Waals surface area contributed by atoms with Crippen molar-refractivity contribution in [2.75, 3.05) is 0 Å². The minimum absolute atomic E-state index is 0.187. The first-order chi connectivity index (χ1) is 11.9. The predicted molar refractivity (Wildman–Crippen MR) is 101 cm³/mol. The van der Waals surface area contributed by atoms with Gasteiger partial charge in [0.2, 0.25) is 10.0 Å². The molecule has 0 radical (unpaired) electrons. The van der Waals surface area contributed by atoms with E-state index in [1.165, 1.54) is 0 Å². The molecule has 1 aliphatic carbocycles. The molecule has 0 unspecified atom stereocenters. The Morgan fingerprint density at radius 3 is 2.60 bits per heavy atom. The average molecular weight is 364 g/mol. The van der Waals surface area contributed by atoms with Gasteiger partial charge in [0.05, 0.1) is 4.90 Å². The fraction of sp³-hybridized carbons (Fsp3) is 0.550. The maximum Gasteiger partial charge on any atom is 0.241 e. The molecule has 1 aromatic carbocycles. The fourth-order valence-electron chi connectivity index (χ4n) is 3.92. The predicted octanol–water partition coefficient (Wildman–Crippen LogP) is 4.15. The summed E-state index contributed by atoms with van der Waals surface area (Å²) in [4.78, 5) is 11.2. The Kier molecular flexibility index (Phi) is 6.96. The van der Waals surface area contributed by atoms with Crippen molar-refractivity contribution in [3.8, 4) is 0 Å². The Morgan fingerprint density at radius 2 is 1.96 bits per heavy atom. The number of aldehydes is 1. The van der Waals surface area contributed by atoms with Crippen LogP contribution in [0.3, 0.4) is 0 Å². The lowest BCUT2D eigenvalue weighted by Gasteiger charge is -2.44. The number of hydrogen-bond donors (Lipinski definition) is 1. The lowest BCUT2D eigenvalue weighted by Crippen LogP contribution is -2.55. The van der Waals surface area contributed by atoms with Crippen LogP contribution >= 0.6 is 0 Å². The number of rotatable bonds is 9. The number of nitrogens with one attached hydrogen (secondary N) is 1. The average Bonchev–Trinajstić information content (AvgIpc) is 2.59. The molecule has 0 heterocycles. The number of allylic oxidation sites excluding steroid dienone is 1. The molecule has 138 valence electrons. The van der Waals surface area contributed by atoms with Crippen LogP contribution in [0.15, 0.2) is 41.8 Å². The quantitative estimate of drug-likeness (QED) is 0.529. The normalized spacial score (nSPS) is 24.0. The SMILES string of the molecule is C=CCC[C@@]1(NS(=O)(=O)c2ccc(C)cc2)CCCC[C@H]1CCC=O. The Hall–Kier alpha value is -1.46. The van der Waals surface area contributed by atoms with E-state index in [-0.39, 0.29) is 5.92 Å². The van der Waals surface area contributed by atoms with Gasteiger partial charge in [-0.2, -0.15) is 0 Å². The van der Waals surface area contributed by atoms with E-state index in [2.05, 4.69) is 11.3 Å². The van der Waals surface area contributed by atoms with Crippen LogP contribution in [0.25, 0.3) is 0 Å². The first-order valence-corrected chi connectivity index (χ1v) is 10.6. The van der Waals surface area contributed by atoms with Crippen LogP contribution in [0.1, 0.15) is 56.9 Å². The number of aryl methyl sites for hydroxylation is 1. The maximum atomic E-state index is 13.0. The Morgan fingerprint density at radius 1 is 1.24 bits per heavy atom. The van der Waals surface area contributed by atoms with Crippen LogP contribution in [0.5, 0.6) is 0 Å². The van der Waals surface area contributed by atoms with Crippen molar-refractivity contribution in [2.45, 2.75) is 68.7 Å². The fourth-order valence-corrected chi connectivity index (χ4v) is 5.44. The second-order valence-electron chi connectivity index (χ2n) is 7.09. The van der Waals surface area contributed by atoms with Gasteiger partial charge in [-0.25, -0.2) is 13.1 Å². The van der Waals surface area contributed by atoms with E-state index in [0.717, 1.165) is 56.8 Å². The molecular weight excluding hydrogens is 334 g/mol. The first kappa shape index (κ1) is 19.9. The molecule has 25 heavy (non-hydrogen) atoms.